The van der Waals surface area contributed by atoms with Gasteiger partial charge in [-0.1, -0.05) is 24.3 Å². The Bertz CT molecular complexity index is 473. The van der Waals surface area contributed by atoms with Crippen LogP contribution in [0, 0.1) is 11.8 Å². The molecule has 1 saturated heterocycles. The number of benzene rings is 1. The van der Waals surface area contributed by atoms with E-state index in [1.807, 2.05) is 24.3 Å². The maximum Gasteiger partial charge on any atom is 0.311 e. The molecular weight excluding hydrogens is 204 g/mol. The zero-order chi connectivity index (χ0) is 10.9. The van der Waals surface area contributed by atoms with E-state index in [1.165, 1.54) is 0 Å². The van der Waals surface area contributed by atoms with Gasteiger partial charge in [0, 0.05) is 12.3 Å². The number of carbonyl (C=O) groups is 2. The van der Waals surface area contributed by atoms with Crippen LogP contribution in [0.15, 0.2) is 24.3 Å². The SMILES string of the molecule is O=C1OC2c3ccccc3C3CC(=O)C2C13. The monoisotopic (exact) mass is 214 g/mol. The number of ether oxygens (including phenoxy) is 1. The molecule has 0 radical (unpaired) electrons. The van der Waals surface area contributed by atoms with E-state index < -0.39 is 0 Å². The van der Waals surface area contributed by atoms with E-state index in [4.69, 9.17) is 4.74 Å². The van der Waals surface area contributed by atoms with Crippen molar-refractivity contribution in [1.82, 2.24) is 0 Å². The Labute approximate surface area is 92.4 Å². The number of ketones is 1. The van der Waals surface area contributed by atoms with Crippen LogP contribution in [0.1, 0.15) is 29.6 Å². The minimum atomic E-state index is -0.306. The molecule has 4 rings (SSSR count). The molecule has 4 atom stereocenters. The second kappa shape index (κ2) is 2.54. The van der Waals surface area contributed by atoms with Crippen LogP contribution in [0.5, 0.6) is 0 Å². The van der Waals surface area contributed by atoms with Gasteiger partial charge in [-0.2, -0.15) is 0 Å². The highest BCUT2D eigenvalue weighted by atomic mass is 16.6. The molecule has 16 heavy (non-hydrogen) atoms. The summed E-state index contributed by atoms with van der Waals surface area (Å²) in [5, 5.41) is 0. The maximum atomic E-state index is 11.9. The summed E-state index contributed by atoms with van der Waals surface area (Å²) in [7, 11) is 0. The van der Waals surface area contributed by atoms with E-state index in [0.29, 0.717) is 6.42 Å². The molecule has 4 unspecified atom stereocenters. The number of hydrogen-bond acceptors (Lipinski definition) is 3. The van der Waals surface area contributed by atoms with Gasteiger partial charge in [0.15, 0.2) is 0 Å². The Kier molecular flexibility index (Phi) is 1.35. The smallest absolute Gasteiger partial charge is 0.311 e. The van der Waals surface area contributed by atoms with E-state index in [-0.39, 0.29) is 35.6 Å². The van der Waals surface area contributed by atoms with E-state index in [9.17, 15) is 9.59 Å². The van der Waals surface area contributed by atoms with Crippen LogP contribution < -0.4 is 0 Å². The number of hydrogen-bond donors (Lipinski definition) is 0. The molecular formula is C13H10O3. The van der Waals surface area contributed by atoms with Gasteiger partial charge < -0.3 is 4.74 Å². The van der Waals surface area contributed by atoms with Crippen molar-refractivity contribution >= 4 is 11.8 Å². The fraction of sp³-hybridized carbons (Fsp3) is 0.385. The summed E-state index contributed by atoms with van der Waals surface area (Å²) in [6.45, 7) is 0. The van der Waals surface area contributed by atoms with Gasteiger partial charge in [0.05, 0.1) is 11.8 Å². The summed E-state index contributed by atoms with van der Waals surface area (Å²) < 4.78 is 5.36. The molecule has 3 nitrogen and oxygen atoms in total. The molecule has 1 aliphatic heterocycles. The van der Waals surface area contributed by atoms with Crippen LogP contribution in [0.25, 0.3) is 0 Å². The van der Waals surface area contributed by atoms with Crippen molar-refractivity contribution in [2.45, 2.75) is 18.4 Å². The van der Waals surface area contributed by atoms with Crippen LogP contribution >= 0.6 is 0 Å². The first-order valence-electron chi connectivity index (χ1n) is 5.59. The van der Waals surface area contributed by atoms with Crippen LogP contribution in [-0.2, 0) is 14.3 Å². The Morgan fingerprint density at radius 2 is 1.81 bits per heavy atom. The fourth-order valence-corrected chi connectivity index (χ4v) is 3.54. The third-order valence-corrected chi connectivity index (χ3v) is 4.16. The van der Waals surface area contributed by atoms with Gasteiger partial charge in [0.2, 0.25) is 0 Å². The lowest BCUT2D eigenvalue weighted by molar-refractivity contribution is -0.144. The molecule has 1 heterocycles. The van der Waals surface area contributed by atoms with Crippen molar-refractivity contribution in [3.05, 3.63) is 35.4 Å². The van der Waals surface area contributed by atoms with Gasteiger partial charge in [-0.15, -0.1) is 0 Å². The van der Waals surface area contributed by atoms with Gasteiger partial charge in [0.1, 0.15) is 11.9 Å². The number of fused-ring (bicyclic) bond motifs is 3. The van der Waals surface area contributed by atoms with Crippen molar-refractivity contribution in [2.24, 2.45) is 11.8 Å². The molecule has 80 valence electrons. The molecule has 4 bridgehead atoms. The predicted molar refractivity (Wildman–Crippen MR) is 54.6 cm³/mol. The van der Waals surface area contributed by atoms with Crippen molar-refractivity contribution in [1.29, 1.82) is 0 Å². The summed E-state index contributed by atoms with van der Waals surface area (Å²) in [5.74, 6) is -0.316. The molecule has 2 fully saturated rings. The van der Waals surface area contributed by atoms with E-state index in [0.717, 1.165) is 11.1 Å². The molecule has 1 aromatic carbocycles. The molecule has 0 aromatic heterocycles. The third kappa shape index (κ3) is 0.775. The first kappa shape index (κ1) is 8.50. The van der Waals surface area contributed by atoms with Crippen LogP contribution in [0.3, 0.4) is 0 Å². The van der Waals surface area contributed by atoms with Crippen molar-refractivity contribution in [3.8, 4) is 0 Å². The average molecular weight is 214 g/mol. The predicted octanol–water partition coefficient (Wildman–Crippen LogP) is 1.59. The van der Waals surface area contributed by atoms with Gasteiger partial charge in [0.25, 0.3) is 0 Å². The summed E-state index contributed by atoms with van der Waals surface area (Å²) in [4.78, 5) is 23.7. The maximum absolute atomic E-state index is 11.9. The lowest BCUT2D eigenvalue weighted by Crippen LogP contribution is -2.24. The molecule has 0 amide bonds. The number of esters is 1. The second-order valence-electron chi connectivity index (χ2n) is 4.81. The van der Waals surface area contributed by atoms with Crippen LogP contribution in [-0.4, -0.2) is 11.8 Å². The molecule has 1 aromatic rings. The topological polar surface area (TPSA) is 43.4 Å². The number of rotatable bonds is 0. The van der Waals surface area contributed by atoms with Gasteiger partial charge in [-0.05, 0) is 11.1 Å². The summed E-state index contributed by atoms with van der Waals surface area (Å²) in [6, 6.07) is 7.91. The van der Waals surface area contributed by atoms with Gasteiger partial charge in [-0.3, -0.25) is 9.59 Å². The van der Waals surface area contributed by atoms with E-state index in [1.54, 1.807) is 0 Å². The minimum Gasteiger partial charge on any atom is -0.456 e. The van der Waals surface area contributed by atoms with Crippen LogP contribution in [0.4, 0.5) is 0 Å². The number of carbonyl (C=O) groups excluding carboxylic acids is 2. The first-order valence-corrected chi connectivity index (χ1v) is 5.59. The van der Waals surface area contributed by atoms with E-state index in [2.05, 4.69) is 0 Å². The molecule has 1 saturated carbocycles. The van der Waals surface area contributed by atoms with Crippen molar-refractivity contribution < 1.29 is 14.3 Å². The fourth-order valence-electron chi connectivity index (χ4n) is 3.54. The highest BCUT2D eigenvalue weighted by Gasteiger charge is 2.61. The summed E-state index contributed by atoms with van der Waals surface area (Å²) in [6.07, 6.45) is 0.206. The Hall–Kier alpha value is -1.64. The summed E-state index contributed by atoms with van der Waals surface area (Å²) in [5.41, 5.74) is 2.19. The normalized spacial score (nSPS) is 38.5. The molecule has 0 N–H and O–H groups in total. The molecule has 2 aliphatic carbocycles. The van der Waals surface area contributed by atoms with Gasteiger partial charge in [-0.25, -0.2) is 0 Å². The highest BCUT2D eigenvalue weighted by molar-refractivity contribution is 5.96. The second-order valence-corrected chi connectivity index (χ2v) is 4.81. The van der Waals surface area contributed by atoms with Crippen LogP contribution in [0.2, 0.25) is 0 Å². The standard InChI is InChI=1S/C13H10O3/c14-9-5-8-6-3-1-2-4-7(6)12-11(9)10(8)13(15)16-12/h1-4,8,10-12H,5H2. The minimum absolute atomic E-state index is 0.0694. The Balaban J connectivity index is 2.01. The van der Waals surface area contributed by atoms with Crippen molar-refractivity contribution in [2.75, 3.05) is 0 Å². The van der Waals surface area contributed by atoms with Crippen molar-refractivity contribution in [3.63, 3.8) is 0 Å². The lowest BCUT2D eigenvalue weighted by Gasteiger charge is -2.24. The largest absolute Gasteiger partial charge is 0.456 e. The zero-order valence-corrected chi connectivity index (χ0v) is 8.55. The third-order valence-electron chi connectivity index (χ3n) is 4.16. The highest BCUT2D eigenvalue weighted by Crippen LogP contribution is 2.58. The Morgan fingerprint density at radius 1 is 1.06 bits per heavy atom. The lowest BCUT2D eigenvalue weighted by atomic mass is 9.75. The zero-order valence-electron chi connectivity index (χ0n) is 8.55. The van der Waals surface area contributed by atoms with E-state index >= 15 is 0 Å². The molecule has 0 spiro atoms. The summed E-state index contributed by atoms with van der Waals surface area (Å²) >= 11 is 0. The quantitative estimate of drug-likeness (QED) is 0.616. The first-order chi connectivity index (χ1) is 7.77. The number of Topliss-reactive ketones (excluding diaryl/α,β-unsaturated/α-hetero) is 1. The molecule has 3 aliphatic rings. The van der Waals surface area contributed by atoms with Gasteiger partial charge >= 0.3 is 5.97 Å². The molecule has 3 heteroatoms. The Morgan fingerprint density at radius 3 is 2.62 bits per heavy atom. The average Bonchev–Trinajstić information content (AvgIpc) is 2.73.